The zero-order valence-electron chi connectivity index (χ0n) is 17.8. The molecule has 1 saturated carbocycles. The van der Waals surface area contributed by atoms with Crippen LogP contribution in [-0.4, -0.2) is 0 Å². The first-order valence-electron chi connectivity index (χ1n) is 9.80. The van der Waals surface area contributed by atoms with Gasteiger partial charge in [0.2, 0.25) is 0 Å². The lowest BCUT2D eigenvalue weighted by Gasteiger charge is -2.04. The summed E-state index contributed by atoms with van der Waals surface area (Å²) in [6.45, 7) is 16.4. The number of aryl methyl sites for hydroxylation is 2. The summed E-state index contributed by atoms with van der Waals surface area (Å²) in [5.74, 6) is 7.69. The summed E-state index contributed by atoms with van der Waals surface area (Å²) in [7, 11) is 0. The van der Waals surface area contributed by atoms with Gasteiger partial charge in [-0.1, -0.05) is 63.0 Å². The Morgan fingerprint density at radius 1 is 1.22 bits per heavy atom. The van der Waals surface area contributed by atoms with Gasteiger partial charge in [-0.2, -0.15) is 5.26 Å². The average Bonchev–Trinajstić information content (AvgIpc) is 3.37. The third-order valence-electron chi connectivity index (χ3n) is 5.28. The maximum Gasteiger partial charge on any atom is 0.0991 e. The summed E-state index contributed by atoms with van der Waals surface area (Å²) in [5, 5.41) is 8.54. The first-order valence-corrected chi connectivity index (χ1v) is 9.80. The van der Waals surface area contributed by atoms with Gasteiger partial charge < -0.3 is 0 Å². The summed E-state index contributed by atoms with van der Waals surface area (Å²) in [6.07, 6.45) is 9.57. The van der Waals surface area contributed by atoms with Gasteiger partial charge in [0, 0.05) is 11.0 Å². The van der Waals surface area contributed by atoms with Crippen molar-refractivity contribution in [2.75, 3.05) is 0 Å². The molecule has 1 nitrogen and oxygen atoms in total. The second kappa shape index (κ2) is 10.6. The molecule has 0 spiro atoms. The van der Waals surface area contributed by atoms with Crippen molar-refractivity contribution in [3.8, 4) is 17.9 Å². The SMILES string of the molecule is C=C/C=C\C(C)=C(/C)C#CC1(CC)CC1CC.Cc1cc(C)cc(C#N)c1. The van der Waals surface area contributed by atoms with Gasteiger partial charge in [0.1, 0.15) is 0 Å². The van der Waals surface area contributed by atoms with Crippen LogP contribution in [0.25, 0.3) is 0 Å². The molecule has 1 aromatic carbocycles. The van der Waals surface area contributed by atoms with Crippen LogP contribution in [0, 0.1) is 48.4 Å². The zero-order valence-corrected chi connectivity index (χ0v) is 17.8. The second-order valence-electron chi connectivity index (χ2n) is 7.46. The van der Waals surface area contributed by atoms with E-state index in [0.717, 1.165) is 22.6 Å². The number of benzene rings is 1. The summed E-state index contributed by atoms with van der Waals surface area (Å²) >= 11 is 0. The minimum Gasteiger partial charge on any atom is -0.192 e. The van der Waals surface area contributed by atoms with Gasteiger partial charge in [-0.05, 0) is 75.3 Å². The third-order valence-corrected chi connectivity index (χ3v) is 5.28. The number of hydrogen-bond acceptors (Lipinski definition) is 1. The van der Waals surface area contributed by atoms with Crippen LogP contribution >= 0.6 is 0 Å². The lowest BCUT2D eigenvalue weighted by atomic mass is 9.99. The first-order chi connectivity index (χ1) is 12.8. The maximum atomic E-state index is 8.54. The standard InChI is InChI=1S/C17H24.C9H9N/c1-6-9-10-14(4)15(5)11-12-17(8-3)13-16(17)7-2;1-7-3-8(2)5-9(4-7)6-10/h6,9-10,16H,1,7-8,13H2,2-5H3;3-5H,1-2H3/b10-9-,15-14+;. The summed E-state index contributed by atoms with van der Waals surface area (Å²) in [5.41, 5.74) is 5.79. The molecule has 1 aliphatic rings. The molecule has 2 rings (SSSR count). The van der Waals surface area contributed by atoms with Crippen molar-refractivity contribution in [2.24, 2.45) is 11.3 Å². The molecular formula is C26H33N. The van der Waals surface area contributed by atoms with Crippen molar-refractivity contribution in [2.45, 2.75) is 60.8 Å². The predicted molar refractivity (Wildman–Crippen MR) is 117 cm³/mol. The fourth-order valence-corrected chi connectivity index (χ4v) is 3.28. The molecule has 2 atom stereocenters. The molecule has 27 heavy (non-hydrogen) atoms. The molecule has 0 heterocycles. The van der Waals surface area contributed by atoms with Crippen molar-refractivity contribution in [1.82, 2.24) is 0 Å². The van der Waals surface area contributed by atoms with Crippen LogP contribution in [0.1, 0.15) is 63.6 Å². The molecule has 1 aliphatic carbocycles. The van der Waals surface area contributed by atoms with Crippen LogP contribution in [-0.2, 0) is 0 Å². The summed E-state index contributed by atoms with van der Waals surface area (Å²) < 4.78 is 0. The largest absolute Gasteiger partial charge is 0.192 e. The molecule has 0 aromatic heterocycles. The molecule has 2 unspecified atom stereocenters. The minimum atomic E-state index is 0.332. The minimum absolute atomic E-state index is 0.332. The van der Waals surface area contributed by atoms with Gasteiger partial charge in [-0.25, -0.2) is 0 Å². The topological polar surface area (TPSA) is 23.8 Å². The van der Waals surface area contributed by atoms with Crippen LogP contribution in [0.15, 0.2) is 54.2 Å². The van der Waals surface area contributed by atoms with E-state index < -0.39 is 0 Å². The van der Waals surface area contributed by atoms with Crippen molar-refractivity contribution in [3.63, 3.8) is 0 Å². The van der Waals surface area contributed by atoms with Gasteiger partial charge in [0.05, 0.1) is 11.6 Å². The Bertz CT molecular complexity index is 800. The molecule has 0 radical (unpaired) electrons. The molecule has 0 N–H and O–H groups in total. The van der Waals surface area contributed by atoms with Crippen molar-refractivity contribution in [3.05, 3.63) is 70.8 Å². The Hall–Kier alpha value is -2.51. The fraction of sp³-hybridized carbons (Fsp3) is 0.423. The van der Waals surface area contributed by atoms with Gasteiger partial charge in [0.25, 0.3) is 0 Å². The van der Waals surface area contributed by atoms with Crippen molar-refractivity contribution >= 4 is 0 Å². The van der Waals surface area contributed by atoms with E-state index in [2.05, 4.69) is 64.3 Å². The Balaban J connectivity index is 0.000000309. The van der Waals surface area contributed by atoms with Crippen LogP contribution < -0.4 is 0 Å². The molecule has 0 saturated heterocycles. The Morgan fingerprint density at radius 3 is 2.30 bits per heavy atom. The summed E-state index contributed by atoms with van der Waals surface area (Å²) in [4.78, 5) is 0. The maximum absolute atomic E-state index is 8.54. The lowest BCUT2D eigenvalue weighted by molar-refractivity contribution is 0.557. The average molecular weight is 360 g/mol. The molecular weight excluding hydrogens is 326 g/mol. The second-order valence-corrected chi connectivity index (χ2v) is 7.46. The van der Waals surface area contributed by atoms with Gasteiger partial charge in [0.15, 0.2) is 0 Å². The van der Waals surface area contributed by atoms with E-state index in [1.54, 1.807) is 6.08 Å². The Kier molecular flexibility index (Phi) is 8.84. The predicted octanol–water partition coefficient (Wildman–Crippen LogP) is 7.07. The monoisotopic (exact) mass is 359 g/mol. The quantitative estimate of drug-likeness (QED) is 0.416. The van der Waals surface area contributed by atoms with Crippen molar-refractivity contribution < 1.29 is 0 Å². The molecule has 1 aromatic rings. The molecule has 1 fully saturated rings. The highest BCUT2D eigenvalue weighted by atomic mass is 14.5. The van der Waals surface area contributed by atoms with E-state index in [9.17, 15) is 0 Å². The molecule has 0 aliphatic heterocycles. The first kappa shape index (κ1) is 22.5. The highest BCUT2D eigenvalue weighted by Gasteiger charge is 2.49. The van der Waals surface area contributed by atoms with Gasteiger partial charge >= 0.3 is 0 Å². The lowest BCUT2D eigenvalue weighted by Crippen LogP contribution is -1.98. The molecule has 1 heteroatoms. The molecule has 142 valence electrons. The number of nitriles is 1. The van der Waals surface area contributed by atoms with Crippen LogP contribution in [0.5, 0.6) is 0 Å². The van der Waals surface area contributed by atoms with E-state index in [4.69, 9.17) is 5.26 Å². The Morgan fingerprint density at radius 2 is 1.85 bits per heavy atom. The van der Waals surface area contributed by atoms with Gasteiger partial charge in [-0.15, -0.1) is 0 Å². The zero-order chi connectivity index (χ0) is 20.4. The number of rotatable bonds is 4. The Labute approximate surface area is 166 Å². The van der Waals surface area contributed by atoms with E-state index >= 15 is 0 Å². The number of nitrogens with zero attached hydrogens (tertiary/aromatic N) is 1. The normalized spacial score (nSPS) is 21.1. The van der Waals surface area contributed by atoms with Crippen LogP contribution in [0.4, 0.5) is 0 Å². The molecule has 0 amide bonds. The molecule has 0 bridgehead atoms. The fourth-order valence-electron chi connectivity index (χ4n) is 3.28. The van der Waals surface area contributed by atoms with E-state index in [-0.39, 0.29) is 0 Å². The van der Waals surface area contributed by atoms with E-state index in [1.165, 1.54) is 30.4 Å². The van der Waals surface area contributed by atoms with Crippen LogP contribution in [0.2, 0.25) is 0 Å². The van der Waals surface area contributed by atoms with E-state index in [0.29, 0.717) is 5.41 Å². The number of allylic oxidation sites excluding steroid dienone is 5. The number of hydrogen-bond donors (Lipinski definition) is 0. The summed E-state index contributed by atoms with van der Waals surface area (Å²) in [6, 6.07) is 7.93. The van der Waals surface area contributed by atoms with Crippen molar-refractivity contribution in [1.29, 1.82) is 5.26 Å². The van der Waals surface area contributed by atoms with Crippen LogP contribution in [0.3, 0.4) is 0 Å². The smallest absolute Gasteiger partial charge is 0.0991 e. The van der Waals surface area contributed by atoms with E-state index in [1.807, 2.05) is 32.1 Å². The highest BCUT2D eigenvalue weighted by molar-refractivity contribution is 5.40. The third kappa shape index (κ3) is 6.96. The van der Waals surface area contributed by atoms with Gasteiger partial charge in [-0.3, -0.25) is 0 Å². The highest BCUT2D eigenvalue weighted by Crippen LogP contribution is 2.56.